The van der Waals surface area contributed by atoms with Crippen molar-refractivity contribution >= 4 is 17.9 Å². The normalized spacial score (nSPS) is 30.2. The molecule has 2 saturated heterocycles. The van der Waals surface area contributed by atoms with Gasteiger partial charge in [0.25, 0.3) is 0 Å². The molecule has 5 heteroatoms. The smallest absolute Gasteiger partial charge is 0.234 e. The number of carbonyl (C=O) groups excluding carboxylic acids is 2. The number of phenols is 1. The van der Waals surface area contributed by atoms with Crippen LogP contribution in [-0.4, -0.2) is 40.6 Å². The topological polar surface area (TPSA) is 66.8 Å². The van der Waals surface area contributed by atoms with Crippen molar-refractivity contribution in [3.63, 3.8) is 0 Å². The Morgan fingerprint density at radius 2 is 1.94 bits per heavy atom. The standard InChI is InChI=1S/C29H37NO4/c1-3-20-16-23-27(29(33)30(28(23)32)21-9-5-4-6-10-21)24-17-34-25(26(20)24)13-12-18(2)14-19-8-7-11-22(31)15-19/h7-8,11,14-15,21,23-25,27,31H,3-6,9-10,12-13,16-17H2,1-2H3/b18-14+/t23-,24+,25-,27-/m1/s1. The molecule has 2 aliphatic heterocycles. The number of carbonyl (C=O) groups is 2. The van der Waals surface area contributed by atoms with E-state index in [9.17, 15) is 14.7 Å². The van der Waals surface area contributed by atoms with Crippen molar-refractivity contribution in [2.24, 2.45) is 17.8 Å². The maximum absolute atomic E-state index is 13.6. The molecule has 34 heavy (non-hydrogen) atoms. The highest BCUT2D eigenvalue weighted by molar-refractivity contribution is 6.06. The number of aromatic hydroxyl groups is 1. The number of benzene rings is 1. The second-order valence-corrected chi connectivity index (χ2v) is 10.6. The lowest BCUT2D eigenvalue weighted by Crippen LogP contribution is -2.42. The minimum absolute atomic E-state index is 0.0278. The number of amides is 2. The first kappa shape index (κ1) is 23.3. The summed E-state index contributed by atoms with van der Waals surface area (Å²) in [5.41, 5.74) is 4.89. The Morgan fingerprint density at radius 1 is 1.15 bits per heavy atom. The fourth-order valence-corrected chi connectivity index (χ4v) is 6.87. The van der Waals surface area contributed by atoms with E-state index in [0.29, 0.717) is 6.61 Å². The zero-order valence-electron chi connectivity index (χ0n) is 20.5. The first-order valence-electron chi connectivity index (χ1n) is 13.1. The molecule has 5 nitrogen and oxygen atoms in total. The van der Waals surface area contributed by atoms with Gasteiger partial charge in [0, 0.05) is 12.0 Å². The van der Waals surface area contributed by atoms with Crippen molar-refractivity contribution in [3.05, 3.63) is 46.5 Å². The maximum Gasteiger partial charge on any atom is 0.234 e. The summed E-state index contributed by atoms with van der Waals surface area (Å²) in [6.45, 7) is 4.84. The molecule has 0 bridgehead atoms. The number of allylic oxidation sites excluding steroid dienone is 2. The lowest BCUT2D eigenvalue weighted by molar-refractivity contribution is -0.143. The van der Waals surface area contributed by atoms with E-state index in [4.69, 9.17) is 4.74 Å². The third kappa shape index (κ3) is 4.24. The fraction of sp³-hybridized carbons (Fsp3) is 0.586. The van der Waals surface area contributed by atoms with Crippen LogP contribution in [0.25, 0.3) is 6.08 Å². The molecule has 0 radical (unpaired) electrons. The first-order chi connectivity index (χ1) is 16.5. The highest BCUT2D eigenvalue weighted by Crippen LogP contribution is 2.51. The summed E-state index contributed by atoms with van der Waals surface area (Å²) in [6.07, 6.45) is 10.9. The average molecular weight is 464 g/mol. The predicted molar refractivity (Wildman–Crippen MR) is 132 cm³/mol. The quantitative estimate of drug-likeness (QED) is 0.438. The van der Waals surface area contributed by atoms with Crippen molar-refractivity contribution in [1.29, 1.82) is 0 Å². The Labute approximate surface area is 202 Å². The summed E-state index contributed by atoms with van der Waals surface area (Å²) < 4.78 is 6.32. The minimum Gasteiger partial charge on any atom is -0.508 e. The van der Waals surface area contributed by atoms with Gasteiger partial charge in [0.2, 0.25) is 11.8 Å². The van der Waals surface area contributed by atoms with Crippen LogP contribution in [0.2, 0.25) is 0 Å². The Bertz CT molecular complexity index is 1020. The van der Waals surface area contributed by atoms with Crippen LogP contribution in [0.1, 0.15) is 77.2 Å². The van der Waals surface area contributed by atoms with Gasteiger partial charge in [0.1, 0.15) is 5.75 Å². The van der Waals surface area contributed by atoms with Gasteiger partial charge in [0.05, 0.1) is 24.5 Å². The summed E-state index contributed by atoms with van der Waals surface area (Å²) in [6, 6.07) is 7.40. The molecule has 0 spiro atoms. The lowest BCUT2D eigenvalue weighted by Gasteiger charge is -2.31. The van der Waals surface area contributed by atoms with Gasteiger partial charge in [-0.15, -0.1) is 0 Å². The zero-order valence-corrected chi connectivity index (χ0v) is 20.5. The van der Waals surface area contributed by atoms with Gasteiger partial charge in [-0.3, -0.25) is 14.5 Å². The van der Waals surface area contributed by atoms with E-state index in [1.54, 1.807) is 17.0 Å². The third-order valence-electron chi connectivity index (χ3n) is 8.49. The lowest BCUT2D eigenvalue weighted by atomic mass is 9.69. The summed E-state index contributed by atoms with van der Waals surface area (Å²) in [5, 5.41) is 9.72. The molecule has 182 valence electrons. The third-order valence-corrected chi connectivity index (χ3v) is 8.49. The van der Waals surface area contributed by atoms with E-state index >= 15 is 0 Å². The number of phenolic OH excluding ortho intramolecular Hbond substituents is 1. The molecule has 1 aromatic carbocycles. The van der Waals surface area contributed by atoms with Gasteiger partial charge in [-0.2, -0.15) is 0 Å². The van der Waals surface area contributed by atoms with Crippen LogP contribution in [0, 0.1) is 17.8 Å². The van der Waals surface area contributed by atoms with E-state index < -0.39 is 0 Å². The molecule has 2 aliphatic carbocycles. The highest BCUT2D eigenvalue weighted by Gasteiger charge is 2.57. The number of rotatable bonds is 6. The molecular weight excluding hydrogens is 426 g/mol. The fourth-order valence-electron chi connectivity index (χ4n) is 6.87. The van der Waals surface area contributed by atoms with Crippen molar-refractivity contribution in [2.75, 3.05) is 6.61 Å². The number of nitrogens with zero attached hydrogens (tertiary/aromatic N) is 1. The number of likely N-dealkylation sites (tertiary alicyclic amines) is 1. The van der Waals surface area contributed by atoms with Crippen LogP contribution in [0.15, 0.2) is 41.0 Å². The Kier molecular flexibility index (Phi) is 6.65. The van der Waals surface area contributed by atoms with Crippen LogP contribution < -0.4 is 0 Å². The predicted octanol–water partition coefficient (Wildman–Crippen LogP) is 5.63. The zero-order chi connectivity index (χ0) is 23.8. The molecular formula is C29H37NO4. The minimum atomic E-state index is -0.228. The molecule has 1 saturated carbocycles. The Hall–Kier alpha value is -2.40. The van der Waals surface area contributed by atoms with Crippen LogP contribution in [0.3, 0.4) is 0 Å². The summed E-state index contributed by atoms with van der Waals surface area (Å²) >= 11 is 0. The van der Waals surface area contributed by atoms with Gasteiger partial charge in [-0.1, -0.05) is 55.5 Å². The molecule has 3 fully saturated rings. The maximum atomic E-state index is 13.6. The van der Waals surface area contributed by atoms with Crippen molar-refractivity contribution in [1.82, 2.24) is 4.90 Å². The van der Waals surface area contributed by atoms with E-state index in [-0.39, 0.29) is 47.5 Å². The molecule has 4 atom stereocenters. The van der Waals surface area contributed by atoms with Crippen LogP contribution >= 0.6 is 0 Å². The van der Waals surface area contributed by atoms with E-state index in [1.165, 1.54) is 23.1 Å². The summed E-state index contributed by atoms with van der Waals surface area (Å²) in [4.78, 5) is 28.7. The van der Waals surface area contributed by atoms with Crippen molar-refractivity contribution in [3.8, 4) is 5.75 Å². The van der Waals surface area contributed by atoms with Gasteiger partial charge in [-0.05, 0) is 68.7 Å². The Balaban J connectivity index is 1.32. The molecule has 1 aromatic rings. The van der Waals surface area contributed by atoms with Crippen LogP contribution in [0.4, 0.5) is 0 Å². The number of ether oxygens (including phenoxy) is 1. The van der Waals surface area contributed by atoms with Gasteiger partial charge in [0.15, 0.2) is 0 Å². The largest absolute Gasteiger partial charge is 0.508 e. The van der Waals surface area contributed by atoms with E-state index in [2.05, 4.69) is 19.9 Å². The second-order valence-electron chi connectivity index (χ2n) is 10.6. The van der Waals surface area contributed by atoms with Gasteiger partial charge >= 0.3 is 0 Å². The van der Waals surface area contributed by atoms with E-state index in [0.717, 1.165) is 56.9 Å². The molecule has 1 N–H and O–H groups in total. The number of hydrogen-bond donors (Lipinski definition) is 1. The number of hydrogen-bond acceptors (Lipinski definition) is 4. The molecule has 5 rings (SSSR count). The van der Waals surface area contributed by atoms with Crippen molar-refractivity contribution < 1.29 is 19.4 Å². The number of imide groups is 1. The molecule has 4 aliphatic rings. The molecule has 0 unspecified atom stereocenters. The summed E-state index contributed by atoms with van der Waals surface area (Å²) in [7, 11) is 0. The Morgan fingerprint density at radius 3 is 2.68 bits per heavy atom. The van der Waals surface area contributed by atoms with Crippen LogP contribution in [0.5, 0.6) is 5.75 Å². The second kappa shape index (κ2) is 9.69. The monoisotopic (exact) mass is 463 g/mol. The number of fused-ring (bicyclic) bond motifs is 3. The summed E-state index contributed by atoms with van der Waals surface area (Å²) in [5.74, 6) is 0.0701. The first-order valence-corrected chi connectivity index (χ1v) is 13.1. The molecule has 2 amide bonds. The van der Waals surface area contributed by atoms with Gasteiger partial charge in [-0.25, -0.2) is 0 Å². The SMILES string of the molecule is CCC1=C2[C@@H](CC/C(C)=C/c3cccc(O)c3)OC[C@@H]2[C@@H]2C(=O)N(C3CCCCC3)C(=O)[C@@H]2C1. The van der Waals surface area contributed by atoms with E-state index in [1.807, 2.05) is 12.1 Å². The molecule has 2 heterocycles. The van der Waals surface area contributed by atoms with Crippen molar-refractivity contribution in [2.45, 2.75) is 83.8 Å². The molecule has 0 aromatic heterocycles. The average Bonchev–Trinajstić information content (AvgIpc) is 3.36. The van der Waals surface area contributed by atoms with Crippen LogP contribution in [-0.2, 0) is 14.3 Å². The van der Waals surface area contributed by atoms with Gasteiger partial charge < -0.3 is 9.84 Å². The highest BCUT2D eigenvalue weighted by atomic mass is 16.5.